The first-order valence-corrected chi connectivity index (χ1v) is 13.3. The highest BCUT2D eigenvalue weighted by molar-refractivity contribution is 7.99. The lowest BCUT2D eigenvalue weighted by molar-refractivity contribution is -0.133. The summed E-state index contributed by atoms with van der Waals surface area (Å²) < 4.78 is 0. The molecule has 1 aromatic carbocycles. The summed E-state index contributed by atoms with van der Waals surface area (Å²) in [6.45, 7) is 8.23. The summed E-state index contributed by atoms with van der Waals surface area (Å²) in [6.07, 6.45) is 8.40. The van der Waals surface area contributed by atoms with Gasteiger partial charge in [-0.1, -0.05) is 53.6 Å². The van der Waals surface area contributed by atoms with E-state index in [0.717, 1.165) is 29.9 Å². The number of carbonyl (C=O) groups excluding carboxylic acids is 1. The van der Waals surface area contributed by atoms with E-state index < -0.39 is 6.10 Å². The molecule has 0 spiro atoms. The SMILES string of the molecule is Cc1cccc(C[C@H](O)/C=C/[C@@H]2[C@H]3CC(CSCCC(=O)N(C)C(C)(C)C)=C[C@H]3C[C@H]2O)c1. The summed E-state index contributed by atoms with van der Waals surface area (Å²) in [4.78, 5) is 14.2. The molecular weight excluding hydrogens is 430 g/mol. The largest absolute Gasteiger partial charge is 0.392 e. The summed E-state index contributed by atoms with van der Waals surface area (Å²) in [5.41, 5.74) is 3.64. The maximum Gasteiger partial charge on any atom is 0.223 e. The molecule has 0 bridgehead atoms. The Hall–Kier alpha value is -1.56. The van der Waals surface area contributed by atoms with Gasteiger partial charge in [0.1, 0.15) is 0 Å². The highest BCUT2D eigenvalue weighted by Gasteiger charge is 2.43. The lowest BCUT2D eigenvalue weighted by Gasteiger charge is -2.32. The van der Waals surface area contributed by atoms with Crippen LogP contribution in [0.25, 0.3) is 0 Å². The number of carbonyl (C=O) groups is 1. The minimum Gasteiger partial charge on any atom is -0.392 e. The Bertz CT molecular complexity index is 872. The predicted octanol–water partition coefficient (Wildman–Crippen LogP) is 4.78. The van der Waals surface area contributed by atoms with Gasteiger partial charge in [-0.3, -0.25) is 4.79 Å². The van der Waals surface area contributed by atoms with Crippen LogP contribution in [0.2, 0.25) is 0 Å². The van der Waals surface area contributed by atoms with Gasteiger partial charge in [-0.15, -0.1) is 0 Å². The number of aliphatic hydroxyl groups excluding tert-OH is 2. The number of aliphatic hydroxyl groups is 2. The molecule has 2 aliphatic rings. The van der Waals surface area contributed by atoms with Gasteiger partial charge in [-0.2, -0.15) is 11.8 Å². The molecule has 182 valence electrons. The van der Waals surface area contributed by atoms with Gasteiger partial charge in [0, 0.05) is 42.9 Å². The van der Waals surface area contributed by atoms with Gasteiger partial charge in [-0.25, -0.2) is 0 Å². The van der Waals surface area contributed by atoms with Crippen molar-refractivity contribution in [1.82, 2.24) is 4.90 Å². The molecule has 4 nitrogen and oxygen atoms in total. The van der Waals surface area contributed by atoms with E-state index in [1.165, 1.54) is 11.1 Å². The zero-order valence-electron chi connectivity index (χ0n) is 20.8. The lowest BCUT2D eigenvalue weighted by atomic mass is 9.89. The number of hydrogen-bond donors (Lipinski definition) is 2. The first-order chi connectivity index (χ1) is 15.5. The summed E-state index contributed by atoms with van der Waals surface area (Å²) in [5, 5.41) is 21.1. The molecule has 0 aromatic heterocycles. The zero-order valence-corrected chi connectivity index (χ0v) is 21.6. The van der Waals surface area contributed by atoms with E-state index in [1.54, 1.807) is 0 Å². The van der Waals surface area contributed by atoms with Crippen molar-refractivity contribution >= 4 is 17.7 Å². The summed E-state index contributed by atoms with van der Waals surface area (Å²) >= 11 is 1.83. The monoisotopic (exact) mass is 471 g/mol. The standard InChI is InChI=1S/C28H41NO3S/c1-19-7-6-8-20(13-19)15-23(30)9-10-24-25-16-21(14-22(25)17-26(24)31)18-33-12-11-27(32)29(5)28(2,3)4/h6-10,13-14,22-26,30-31H,11-12,15-18H2,1-5H3/b10-9+/t22-,23+,24+,25-,26+/m0/s1. The smallest absolute Gasteiger partial charge is 0.223 e. The van der Waals surface area contributed by atoms with Crippen LogP contribution in [-0.2, 0) is 11.2 Å². The number of rotatable bonds is 9. The third kappa shape index (κ3) is 7.21. The number of aryl methyl sites for hydroxylation is 1. The van der Waals surface area contributed by atoms with Crippen LogP contribution in [0.15, 0.2) is 48.1 Å². The molecule has 0 heterocycles. The van der Waals surface area contributed by atoms with Gasteiger partial charge < -0.3 is 15.1 Å². The maximum absolute atomic E-state index is 12.3. The van der Waals surface area contributed by atoms with Crippen LogP contribution >= 0.6 is 11.8 Å². The molecule has 0 radical (unpaired) electrons. The van der Waals surface area contributed by atoms with Crippen LogP contribution in [0.4, 0.5) is 0 Å². The van der Waals surface area contributed by atoms with E-state index in [1.807, 2.05) is 41.9 Å². The number of fused-ring (bicyclic) bond motifs is 1. The van der Waals surface area contributed by atoms with Gasteiger partial charge in [0.25, 0.3) is 0 Å². The third-order valence-corrected chi connectivity index (χ3v) is 8.23. The van der Waals surface area contributed by atoms with Crippen molar-refractivity contribution in [3.63, 3.8) is 0 Å². The van der Waals surface area contributed by atoms with Crippen LogP contribution in [0.1, 0.15) is 51.2 Å². The van der Waals surface area contributed by atoms with Gasteiger partial charge in [0.15, 0.2) is 0 Å². The van der Waals surface area contributed by atoms with E-state index in [0.29, 0.717) is 24.7 Å². The molecule has 1 saturated carbocycles. The molecule has 0 saturated heterocycles. The average molecular weight is 472 g/mol. The molecule has 33 heavy (non-hydrogen) atoms. The number of amides is 1. The van der Waals surface area contributed by atoms with E-state index in [4.69, 9.17) is 0 Å². The van der Waals surface area contributed by atoms with Crippen molar-refractivity contribution in [2.45, 2.75) is 71.1 Å². The van der Waals surface area contributed by atoms with Crippen molar-refractivity contribution in [3.05, 3.63) is 59.2 Å². The second-order valence-corrected chi connectivity index (χ2v) is 11.9. The fourth-order valence-corrected chi connectivity index (χ4v) is 5.96. The Morgan fingerprint density at radius 2 is 2.09 bits per heavy atom. The van der Waals surface area contributed by atoms with Crippen LogP contribution in [0, 0.1) is 24.7 Å². The molecule has 1 fully saturated rings. The van der Waals surface area contributed by atoms with Crippen LogP contribution < -0.4 is 0 Å². The lowest BCUT2D eigenvalue weighted by Crippen LogP contribution is -2.42. The normalized spacial score (nSPS) is 25.8. The number of allylic oxidation sites excluding steroid dienone is 1. The molecule has 5 atom stereocenters. The van der Waals surface area contributed by atoms with E-state index in [9.17, 15) is 15.0 Å². The molecule has 3 rings (SSSR count). The average Bonchev–Trinajstić information content (AvgIpc) is 3.24. The molecule has 1 amide bonds. The van der Waals surface area contributed by atoms with Crippen molar-refractivity contribution in [3.8, 4) is 0 Å². The van der Waals surface area contributed by atoms with E-state index in [-0.39, 0.29) is 23.5 Å². The first kappa shape index (κ1) is 26.1. The molecule has 5 heteroatoms. The number of hydrogen-bond acceptors (Lipinski definition) is 4. The number of benzene rings is 1. The van der Waals surface area contributed by atoms with Crippen molar-refractivity contribution < 1.29 is 15.0 Å². The van der Waals surface area contributed by atoms with Gasteiger partial charge >= 0.3 is 0 Å². The Balaban J connectivity index is 1.45. The summed E-state index contributed by atoms with van der Waals surface area (Å²) in [5.74, 6) is 2.94. The van der Waals surface area contributed by atoms with E-state index >= 15 is 0 Å². The zero-order chi connectivity index (χ0) is 24.2. The van der Waals surface area contributed by atoms with Crippen LogP contribution in [0.3, 0.4) is 0 Å². The molecule has 2 N–H and O–H groups in total. The first-order valence-electron chi connectivity index (χ1n) is 12.2. The molecule has 2 aliphatic carbocycles. The second kappa shape index (κ2) is 11.2. The second-order valence-electron chi connectivity index (χ2n) is 10.8. The Morgan fingerprint density at radius 3 is 2.79 bits per heavy atom. The third-order valence-electron chi connectivity index (χ3n) is 7.16. The summed E-state index contributed by atoms with van der Waals surface area (Å²) in [6, 6.07) is 8.24. The quantitative estimate of drug-likeness (QED) is 0.402. The topological polar surface area (TPSA) is 60.8 Å². The highest BCUT2D eigenvalue weighted by Crippen LogP contribution is 2.47. The molecular formula is C28H41NO3S. The Labute approximate surface area is 204 Å². The number of nitrogens with zero attached hydrogens (tertiary/aromatic N) is 1. The predicted molar refractivity (Wildman–Crippen MR) is 138 cm³/mol. The minimum atomic E-state index is -0.536. The van der Waals surface area contributed by atoms with Gasteiger partial charge in [0.2, 0.25) is 5.91 Å². The van der Waals surface area contributed by atoms with Crippen molar-refractivity contribution in [2.24, 2.45) is 17.8 Å². The van der Waals surface area contributed by atoms with Crippen molar-refractivity contribution in [1.29, 1.82) is 0 Å². The minimum absolute atomic E-state index is 0.0999. The Morgan fingerprint density at radius 1 is 1.33 bits per heavy atom. The van der Waals surface area contributed by atoms with Crippen LogP contribution in [-0.4, -0.2) is 57.3 Å². The maximum atomic E-state index is 12.3. The summed E-state index contributed by atoms with van der Waals surface area (Å²) in [7, 11) is 1.88. The van der Waals surface area contributed by atoms with Gasteiger partial charge in [0.05, 0.1) is 12.2 Å². The van der Waals surface area contributed by atoms with Crippen LogP contribution in [0.5, 0.6) is 0 Å². The highest BCUT2D eigenvalue weighted by atomic mass is 32.2. The Kier molecular flexibility index (Phi) is 8.88. The van der Waals surface area contributed by atoms with Gasteiger partial charge in [-0.05, 0) is 57.9 Å². The molecule has 0 unspecified atom stereocenters. The van der Waals surface area contributed by atoms with E-state index in [2.05, 4.69) is 52.0 Å². The van der Waals surface area contributed by atoms with Crippen molar-refractivity contribution in [2.75, 3.05) is 18.6 Å². The molecule has 1 aromatic rings. The fourth-order valence-electron chi connectivity index (χ4n) is 5.02. The molecule has 0 aliphatic heterocycles. The number of thioether (sulfide) groups is 1. The fraction of sp³-hybridized carbons (Fsp3) is 0.607.